The van der Waals surface area contributed by atoms with Crippen molar-refractivity contribution < 1.29 is 13.7 Å². The van der Waals surface area contributed by atoms with Crippen LogP contribution in [0.5, 0.6) is 0 Å². The van der Waals surface area contributed by atoms with Gasteiger partial charge in [-0.3, -0.25) is 9.20 Å². The Labute approximate surface area is 146 Å². The Hall–Kier alpha value is -3.62. The maximum atomic E-state index is 13.7. The summed E-state index contributed by atoms with van der Waals surface area (Å²) in [5.74, 6) is 0.353. The molecule has 0 spiro atoms. The van der Waals surface area contributed by atoms with Crippen molar-refractivity contribution in [3.8, 4) is 11.5 Å². The third-order valence-electron chi connectivity index (χ3n) is 3.78. The average molecular weight is 352 g/mol. The van der Waals surface area contributed by atoms with E-state index in [2.05, 4.69) is 25.7 Å². The van der Waals surface area contributed by atoms with Gasteiger partial charge in [0.15, 0.2) is 17.3 Å². The van der Waals surface area contributed by atoms with Crippen LogP contribution >= 0.6 is 0 Å². The molecule has 9 heteroatoms. The van der Waals surface area contributed by atoms with E-state index >= 15 is 0 Å². The third-order valence-corrected chi connectivity index (χ3v) is 3.78. The average Bonchev–Trinajstić information content (AvgIpc) is 3.25. The summed E-state index contributed by atoms with van der Waals surface area (Å²) in [5.41, 5.74) is 1.26. The van der Waals surface area contributed by atoms with E-state index in [9.17, 15) is 9.18 Å². The molecule has 0 atom stereocenters. The van der Waals surface area contributed by atoms with Gasteiger partial charge < -0.3 is 9.84 Å². The maximum Gasteiger partial charge on any atom is 0.258 e. The lowest BCUT2D eigenvalue weighted by Gasteiger charge is -2.05. The van der Waals surface area contributed by atoms with Crippen LogP contribution in [0.2, 0.25) is 0 Å². The van der Waals surface area contributed by atoms with Crippen LogP contribution in [0.3, 0.4) is 0 Å². The minimum Gasteiger partial charge on any atom is -0.345 e. The van der Waals surface area contributed by atoms with Crippen LogP contribution in [0.4, 0.5) is 4.39 Å². The summed E-state index contributed by atoms with van der Waals surface area (Å²) in [4.78, 5) is 16.3. The number of halogens is 1. The molecule has 26 heavy (non-hydrogen) atoms. The molecule has 4 aromatic rings. The molecule has 3 heterocycles. The summed E-state index contributed by atoms with van der Waals surface area (Å²) < 4.78 is 20.5. The number of carbonyl (C=O) groups excluding carboxylic acids is 1. The van der Waals surface area contributed by atoms with Crippen molar-refractivity contribution in [3.63, 3.8) is 0 Å². The van der Waals surface area contributed by atoms with Gasteiger partial charge in [0.1, 0.15) is 5.82 Å². The number of rotatable bonds is 4. The number of amides is 1. The van der Waals surface area contributed by atoms with Gasteiger partial charge in [0, 0.05) is 11.8 Å². The zero-order valence-electron chi connectivity index (χ0n) is 13.7. The highest BCUT2D eigenvalue weighted by atomic mass is 19.1. The molecular weight excluding hydrogens is 339 g/mol. The highest BCUT2D eigenvalue weighted by molar-refractivity contribution is 5.94. The molecular formula is C17H13FN6O2. The number of hydrogen-bond donors (Lipinski definition) is 1. The maximum absolute atomic E-state index is 13.7. The summed E-state index contributed by atoms with van der Waals surface area (Å²) in [6.45, 7) is 1.84. The minimum atomic E-state index is -0.574. The number of pyridine rings is 1. The molecule has 0 saturated heterocycles. The normalized spacial score (nSPS) is 11.0. The van der Waals surface area contributed by atoms with Crippen molar-refractivity contribution in [2.45, 2.75) is 13.5 Å². The first-order valence-corrected chi connectivity index (χ1v) is 7.79. The second-order valence-electron chi connectivity index (χ2n) is 5.57. The predicted octanol–water partition coefficient (Wildman–Crippen LogP) is 2.16. The number of benzene rings is 1. The molecule has 0 aliphatic rings. The fourth-order valence-corrected chi connectivity index (χ4v) is 2.51. The van der Waals surface area contributed by atoms with Gasteiger partial charge in [-0.2, -0.15) is 4.98 Å². The summed E-state index contributed by atoms with van der Waals surface area (Å²) in [7, 11) is 0. The van der Waals surface area contributed by atoms with Crippen molar-refractivity contribution >= 4 is 11.6 Å². The zero-order chi connectivity index (χ0) is 18.1. The number of aromatic nitrogens is 5. The van der Waals surface area contributed by atoms with Crippen molar-refractivity contribution in [2.24, 2.45) is 0 Å². The smallest absolute Gasteiger partial charge is 0.258 e. The van der Waals surface area contributed by atoms with Crippen LogP contribution in [-0.4, -0.2) is 30.6 Å². The van der Waals surface area contributed by atoms with Gasteiger partial charge in [-0.05, 0) is 31.2 Å². The number of aryl methyl sites for hydroxylation is 1. The monoisotopic (exact) mass is 352 g/mol. The lowest BCUT2D eigenvalue weighted by Crippen LogP contribution is -2.24. The summed E-state index contributed by atoms with van der Waals surface area (Å²) in [5, 5.41) is 14.5. The summed E-state index contributed by atoms with van der Waals surface area (Å²) in [6, 6.07) is 9.33. The van der Waals surface area contributed by atoms with Crippen LogP contribution in [0.15, 0.2) is 47.1 Å². The van der Waals surface area contributed by atoms with E-state index in [-0.39, 0.29) is 12.1 Å². The molecule has 0 aliphatic carbocycles. The summed E-state index contributed by atoms with van der Waals surface area (Å²) in [6.07, 6.45) is 1.74. The molecule has 0 fully saturated rings. The lowest BCUT2D eigenvalue weighted by atomic mass is 10.2. The van der Waals surface area contributed by atoms with E-state index in [0.717, 1.165) is 0 Å². The Morgan fingerprint density at radius 2 is 2.12 bits per heavy atom. The van der Waals surface area contributed by atoms with Crippen LogP contribution in [0.1, 0.15) is 22.0 Å². The van der Waals surface area contributed by atoms with E-state index in [4.69, 9.17) is 4.52 Å². The quantitative estimate of drug-likeness (QED) is 0.604. The third kappa shape index (κ3) is 2.90. The molecule has 8 nitrogen and oxygen atoms in total. The van der Waals surface area contributed by atoms with Gasteiger partial charge in [-0.15, -0.1) is 10.2 Å². The van der Waals surface area contributed by atoms with E-state index in [0.29, 0.717) is 28.8 Å². The second kappa shape index (κ2) is 6.36. The number of nitrogens with zero attached hydrogens (tertiary/aromatic N) is 5. The van der Waals surface area contributed by atoms with Crippen LogP contribution in [0.25, 0.3) is 17.1 Å². The van der Waals surface area contributed by atoms with Crippen molar-refractivity contribution in [1.82, 2.24) is 30.1 Å². The summed E-state index contributed by atoms with van der Waals surface area (Å²) >= 11 is 0. The Bertz CT molecular complexity index is 1100. The van der Waals surface area contributed by atoms with Gasteiger partial charge in [0.2, 0.25) is 0 Å². The van der Waals surface area contributed by atoms with Gasteiger partial charge in [-0.1, -0.05) is 17.3 Å². The lowest BCUT2D eigenvalue weighted by molar-refractivity contribution is 0.0945. The second-order valence-corrected chi connectivity index (χ2v) is 5.57. The van der Waals surface area contributed by atoms with E-state index in [1.54, 1.807) is 35.7 Å². The number of carbonyl (C=O) groups is 1. The first kappa shape index (κ1) is 15.9. The Balaban J connectivity index is 1.54. The molecule has 0 saturated carbocycles. The molecule has 1 aromatic carbocycles. The minimum absolute atomic E-state index is 0.0182. The van der Waals surface area contributed by atoms with Crippen LogP contribution in [0, 0.1) is 12.7 Å². The fourth-order valence-electron chi connectivity index (χ4n) is 2.51. The van der Waals surface area contributed by atoms with E-state index < -0.39 is 11.7 Å². The predicted molar refractivity (Wildman–Crippen MR) is 88.6 cm³/mol. The molecule has 0 radical (unpaired) electrons. The molecule has 0 aliphatic heterocycles. The first-order chi connectivity index (χ1) is 12.6. The molecule has 0 unspecified atom stereocenters. The van der Waals surface area contributed by atoms with Crippen molar-refractivity contribution in [3.05, 3.63) is 65.6 Å². The topological polar surface area (TPSA) is 98.2 Å². The molecule has 1 N–H and O–H groups in total. The van der Waals surface area contributed by atoms with Crippen LogP contribution in [-0.2, 0) is 6.54 Å². The number of nitrogens with one attached hydrogen (secondary N) is 1. The molecule has 130 valence electrons. The van der Waals surface area contributed by atoms with Gasteiger partial charge >= 0.3 is 0 Å². The highest BCUT2D eigenvalue weighted by Crippen LogP contribution is 2.18. The number of hydrogen-bond acceptors (Lipinski definition) is 6. The van der Waals surface area contributed by atoms with Crippen LogP contribution < -0.4 is 5.32 Å². The fraction of sp³-hybridized carbons (Fsp3) is 0.118. The van der Waals surface area contributed by atoms with Gasteiger partial charge in [-0.25, -0.2) is 4.39 Å². The Morgan fingerprint density at radius 1 is 1.27 bits per heavy atom. The van der Waals surface area contributed by atoms with Gasteiger partial charge in [0.05, 0.1) is 12.1 Å². The first-order valence-electron chi connectivity index (χ1n) is 7.79. The Morgan fingerprint density at radius 3 is 2.88 bits per heavy atom. The molecule has 4 rings (SSSR count). The largest absolute Gasteiger partial charge is 0.345 e. The molecule has 1 amide bonds. The molecule has 0 bridgehead atoms. The standard InChI is InChI=1S/C17H13FN6O2/c1-10-20-17(26-23-10)11-6-7-24-14(8-11)21-22-15(24)9-19-16(25)12-4-2-3-5-13(12)18/h2-8H,9H2,1H3,(H,19,25). The van der Waals surface area contributed by atoms with E-state index in [1.165, 1.54) is 18.2 Å². The highest BCUT2D eigenvalue weighted by Gasteiger charge is 2.14. The van der Waals surface area contributed by atoms with Crippen molar-refractivity contribution in [1.29, 1.82) is 0 Å². The van der Waals surface area contributed by atoms with E-state index in [1.807, 2.05) is 0 Å². The molecule has 3 aromatic heterocycles. The zero-order valence-corrected chi connectivity index (χ0v) is 13.7. The number of fused-ring (bicyclic) bond motifs is 1. The van der Waals surface area contributed by atoms with Crippen molar-refractivity contribution in [2.75, 3.05) is 0 Å². The Kier molecular flexibility index (Phi) is 3.88. The SMILES string of the molecule is Cc1noc(-c2ccn3c(CNC(=O)c4ccccc4F)nnc3c2)n1. The van der Waals surface area contributed by atoms with Gasteiger partial charge in [0.25, 0.3) is 11.8 Å².